The number of rotatable bonds is 0. The van der Waals surface area contributed by atoms with Crippen LogP contribution in [0.5, 0.6) is 0 Å². The molecule has 1 heterocycles. The summed E-state index contributed by atoms with van der Waals surface area (Å²) in [6, 6.07) is 7.49. The molecule has 0 radical (unpaired) electrons. The van der Waals surface area contributed by atoms with E-state index in [1.807, 2.05) is 36.4 Å². The molecule has 15 heavy (non-hydrogen) atoms. The average molecular weight is 392 g/mol. The summed E-state index contributed by atoms with van der Waals surface area (Å²) in [6.45, 7) is 0. The zero-order valence-electron chi connectivity index (χ0n) is 7.85. The molecule has 0 saturated carbocycles. The topological polar surface area (TPSA) is 20.3 Å². The van der Waals surface area contributed by atoms with Crippen molar-refractivity contribution in [1.29, 1.82) is 0 Å². The molecule has 0 saturated heterocycles. The van der Waals surface area contributed by atoms with E-state index in [1.54, 1.807) is 4.90 Å². The zero-order chi connectivity index (χ0) is 10.8. The van der Waals surface area contributed by atoms with Crippen LogP contribution in [-0.4, -0.2) is 9.66 Å². The molecule has 2 rings (SSSR count). The first-order valence-electron chi connectivity index (χ1n) is 4.46. The van der Waals surface area contributed by atoms with Gasteiger partial charge < -0.3 is 0 Å². The van der Waals surface area contributed by atoms with Crippen LogP contribution in [0.2, 0.25) is 0 Å². The second kappa shape index (κ2) is 4.17. The molecule has 0 aliphatic carbocycles. The summed E-state index contributed by atoms with van der Waals surface area (Å²) in [7, 11) is 0. The van der Waals surface area contributed by atoms with Gasteiger partial charge in [-0.2, -0.15) is 0 Å². The van der Waals surface area contributed by atoms with Gasteiger partial charge in [-0.3, -0.25) is 0 Å². The Kier molecular flexibility index (Phi) is 2.89. The van der Waals surface area contributed by atoms with Gasteiger partial charge in [0.1, 0.15) is 0 Å². The van der Waals surface area contributed by atoms with Crippen LogP contribution in [0.4, 0.5) is 10.5 Å². The van der Waals surface area contributed by atoms with Crippen LogP contribution in [0.1, 0.15) is 5.56 Å². The summed E-state index contributed by atoms with van der Waals surface area (Å²) in [5.74, 6) is 2.60. The third kappa shape index (κ3) is 1.83. The third-order valence-corrected chi connectivity index (χ3v) is 3.00. The van der Waals surface area contributed by atoms with Crippen molar-refractivity contribution in [1.82, 2.24) is 0 Å². The molecule has 0 fully saturated rings. The SMILES string of the molecule is C#CC1C=Cc2ccccc2N1C(=O)[At]. The number of terminal acetylenes is 1. The van der Waals surface area contributed by atoms with Gasteiger partial charge >= 0.3 is 104 Å². The molecule has 74 valence electrons. The molecule has 0 spiro atoms. The summed E-state index contributed by atoms with van der Waals surface area (Å²) in [5.41, 5.74) is 1.93. The fraction of sp³-hybridized carbons (Fsp3) is 0.0833. The van der Waals surface area contributed by atoms with Crippen molar-refractivity contribution in [2.75, 3.05) is 4.90 Å². The van der Waals surface area contributed by atoms with Gasteiger partial charge in [0.15, 0.2) is 0 Å². The van der Waals surface area contributed by atoms with Crippen molar-refractivity contribution < 1.29 is 29.5 Å². The molecular formula is C12H8AtNO. The Morgan fingerprint density at radius 2 is 2.20 bits per heavy atom. The summed E-state index contributed by atoms with van der Waals surface area (Å²) in [6.07, 6.45) is 9.24. The first kappa shape index (κ1) is 10.4. The number of benzene rings is 1. The van der Waals surface area contributed by atoms with Crippen molar-refractivity contribution in [2.45, 2.75) is 6.04 Å². The molecule has 1 amide bonds. The fourth-order valence-corrected chi connectivity index (χ4v) is 2.38. The van der Waals surface area contributed by atoms with E-state index < -0.39 is 0 Å². The summed E-state index contributed by atoms with van der Waals surface area (Å²) >= 11 is 1.11. The molecule has 1 aliphatic heterocycles. The number of amides is 1. The fourth-order valence-electron chi connectivity index (χ4n) is 1.61. The second-order valence-electron chi connectivity index (χ2n) is 3.15. The van der Waals surface area contributed by atoms with E-state index in [2.05, 4.69) is 5.92 Å². The van der Waals surface area contributed by atoms with Crippen molar-refractivity contribution in [3.8, 4) is 12.3 Å². The molecule has 0 bridgehead atoms. The maximum absolute atomic E-state index is 11.6. The number of nitrogens with zero attached hydrogens (tertiary/aromatic N) is 1. The number of fused-ring (bicyclic) bond motifs is 1. The van der Waals surface area contributed by atoms with Gasteiger partial charge in [0, 0.05) is 0 Å². The molecule has 0 aromatic heterocycles. The monoisotopic (exact) mass is 392 g/mol. The van der Waals surface area contributed by atoms with Crippen molar-refractivity contribution in [2.24, 2.45) is 0 Å². The Hall–Kier alpha value is -1.13. The molecule has 1 aromatic carbocycles. The number of para-hydroxylation sites is 1. The second-order valence-corrected chi connectivity index (χ2v) is 4.41. The van der Waals surface area contributed by atoms with E-state index in [0.717, 1.165) is 36.0 Å². The van der Waals surface area contributed by atoms with Crippen LogP contribution in [0.15, 0.2) is 30.3 Å². The van der Waals surface area contributed by atoms with Crippen LogP contribution in [-0.2, 0) is 0 Å². The Morgan fingerprint density at radius 3 is 2.87 bits per heavy atom. The molecule has 1 atom stereocenters. The van der Waals surface area contributed by atoms with Crippen LogP contribution >= 0.6 is 0 Å². The number of hydrogen-bond donors (Lipinski definition) is 0. The quantitative estimate of drug-likeness (QED) is 0.620. The van der Waals surface area contributed by atoms with Crippen molar-refractivity contribution >= 4 is 15.4 Å². The molecule has 3 heteroatoms. The van der Waals surface area contributed by atoms with Crippen LogP contribution in [0.25, 0.3) is 6.08 Å². The Morgan fingerprint density at radius 1 is 1.47 bits per heavy atom. The van der Waals surface area contributed by atoms with E-state index in [4.69, 9.17) is 6.42 Å². The first-order chi connectivity index (χ1) is 7.24. The van der Waals surface area contributed by atoms with E-state index in [0.29, 0.717) is 0 Å². The standard InChI is InChI=1S/C12H8AtNO/c1-2-10-8-7-9-5-3-4-6-11(9)14(10)12(13)15/h1,3-8,10H. The average Bonchev–Trinajstić information content (AvgIpc) is 2.27. The van der Waals surface area contributed by atoms with Crippen molar-refractivity contribution in [3.63, 3.8) is 0 Å². The maximum atomic E-state index is 11.6. The molecule has 2 nitrogen and oxygen atoms in total. The van der Waals surface area contributed by atoms with E-state index >= 15 is 0 Å². The van der Waals surface area contributed by atoms with Gasteiger partial charge in [-0.25, -0.2) is 0 Å². The predicted octanol–water partition coefficient (Wildman–Crippen LogP) is 2.19. The molecule has 1 unspecified atom stereocenters. The predicted molar refractivity (Wildman–Crippen MR) is 56.0 cm³/mol. The number of anilines is 1. The van der Waals surface area contributed by atoms with Crippen molar-refractivity contribution in [3.05, 3.63) is 35.9 Å². The van der Waals surface area contributed by atoms with Gasteiger partial charge in [0.25, 0.3) is 0 Å². The first-order valence-corrected chi connectivity index (χ1v) is 5.93. The summed E-state index contributed by atoms with van der Waals surface area (Å²) in [4.78, 5) is 13.2. The van der Waals surface area contributed by atoms with E-state index in [9.17, 15) is 4.79 Å². The van der Waals surface area contributed by atoms with Gasteiger partial charge in [0.05, 0.1) is 0 Å². The van der Waals surface area contributed by atoms with Crippen LogP contribution < -0.4 is 4.90 Å². The van der Waals surface area contributed by atoms with Crippen LogP contribution in [0, 0.1) is 37.1 Å². The Balaban J connectivity index is 2.55. The number of hydrogen-bond acceptors (Lipinski definition) is 1. The minimum atomic E-state index is -0.252. The van der Waals surface area contributed by atoms with Gasteiger partial charge in [0.2, 0.25) is 0 Å². The zero-order valence-corrected chi connectivity index (χ0v) is 10.8. The number of carbonyl (C=O) groups is 1. The van der Waals surface area contributed by atoms with E-state index in [-0.39, 0.29) is 9.66 Å². The van der Waals surface area contributed by atoms with E-state index in [1.165, 1.54) is 0 Å². The van der Waals surface area contributed by atoms with Gasteiger partial charge in [-0.15, -0.1) is 0 Å². The normalized spacial score (nSPS) is 18.1. The molecule has 0 N–H and O–H groups in total. The summed E-state index contributed by atoms with van der Waals surface area (Å²) < 4.78 is 0.0229. The van der Waals surface area contributed by atoms with Crippen LogP contribution in [0.3, 0.4) is 0 Å². The van der Waals surface area contributed by atoms with Gasteiger partial charge in [-0.1, -0.05) is 0 Å². The molecule has 1 aromatic rings. The minimum absolute atomic E-state index is 0.0229. The van der Waals surface area contributed by atoms with Gasteiger partial charge in [-0.05, 0) is 0 Å². The number of carbonyl (C=O) groups excluding carboxylic acids is 1. The third-order valence-electron chi connectivity index (χ3n) is 2.29. The Bertz CT molecular complexity index is 473. The summed E-state index contributed by atoms with van der Waals surface area (Å²) in [5, 5.41) is 0. The Labute approximate surface area is 104 Å². The molecular weight excluding hydrogens is 384 g/mol. The molecule has 1 aliphatic rings.